The van der Waals surface area contributed by atoms with Crippen LogP contribution in [0.3, 0.4) is 0 Å². The quantitative estimate of drug-likeness (QED) is 0.774. The first kappa shape index (κ1) is 16.0. The minimum Gasteiger partial charge on any atom is -0.312 e. The fourth-order valence-electron chi connectivity index (χ4n) is 3.27. The van der Waals surface area contributed by atoms with E-state index < -0.39 is 0 Å². The molecule has 1 N–H and O–H groups in total. The Labute approximate surface area is 128 Å². The van der Waals surface area contributed by atoms with Gasteiger partial charge < -0.3 is 5.32 Å². The lowest BCUT2D eigenvalue weighted by molar-refractivity contribution is 0.314. The summed E-state index contributed by atoms with van der Waals surface area (Å²) in [6.45, 7) is 8.82. The Hall–Kier alpha value is -0.410. The third-order valence-corrected chi connectivity index (χ3v) is 5.79. The van der Waals surface area contributed by atoms with E-state index in [1.807, 2.05) is 11.3 Å². The normalized spacial score (nSPS) is 23.1. The molecule has 1 heterocycles. The summed E-state index contributed by atoms with van der Waals surface area (Å²) in [6, 6.07) is 0. The Morgan fingerprint density at radius 2 is 2.10 bits per heavy atom. The van der Waals surface area contributed by atoms with Gasteiger partial charge in [0.15, 0.2) is 0 Å². The third kappa shape index (κ3) is 4.05. The van der Waals surface area contributed by atoms with E-state index in [2.05, 4.69) is 26.1 Å². The van der Waals surface area contributed by atoms with Crippen molar-refractivity contribution in [3.8, 4) is 0 Å². The van der Waals surface area contributed by atoms with Crippen LogP contribution in [0.4, 0.5) is 0 Å². The van der Waals surface area contributed by atoms with E-state index in [4.69, 9.17) is 4.98 Å². The van der Waals surface area contributed by atoms with Gasteiger partial charge in [0.05, 0.1) is 10.7 Å². The van der Waals surface area contributed by atoms with Gasteiger partial charge in [-0.15, -0.1) is 11.3 Å². The number of aromatic nitrogens is 1. The maximum Gasteiger partial charge on any atom is 0.0962 e. The summed E-state index contributed by atoms with van der Waals surface area (Å²) in [4.78, 5) is 6.51. The zero-order valence-electron chi connectivity index (χ0n) is 13.4. The highest BCUT2D eigenvalue weighted by Crippen LogP contribution is 2.39. The smallest absolute Gasteiger partial charge is 0.0962 e. The van der Waals surface area contributed by atoms with E-state index in [1.165, 1.54) is 54.1 Å². The van der Waals surface area contributed by atoms with Crippen LogP contribution in [-0.2, 0) is 13.0 Å². The lowest BCUT2D eigenvalue weighted by atomic mass is 9.80. The number of nitrogens with zero attached hydrogens (tertiary/aromatic N) is 1. The summed E-state index contributed by atoms with van der Waals surface area (Å²) in [7, 11) is 0. The van der Waals surface area contributed by atoms with Crippen LogP contribution >= 0.6 is 11.3 Å². The summed E-state index contributed by atoms with van der Waals surface area (Å²) in [5.41, 5.74) is 1.37. The summed E-state index contributed by atoms with van der Waals surface area (Å²) in [5, 5.41) is 4.90. The third-order valence-electron chi connectivity index (χ3n) is 4.53. The van der Waals surface area contributed by atoms with Gasteiger partial charge in [-0.1, -0.05) is 46.5 Å². The Morgan fingerprint density at radius 1 is 1.25 bits per heavy atom. The van der Waals surface area contributed by atoms with E-state index in [0.29, 0.717) is 0 Å². The van der Waals surface area contributed by atoms with Crippen LogP contribution in [0.15, 0.2) is 0 Å². The highest BCUT2D eigenvalue weighted by Gasteiger charge is 2.25. The van der Waals surface area contributed by atoms with Gasteiger partial charge in [-0.2, -0.15) is 0 Å². The predicted molar refractivity (Wildman–Crippen MR) is 88.5 cm³/mol. The van der Waals surface area contributed by atoms with Gasteiger partial charge >= 0.3 is 0 Å². The Balaban J connectivity index is 2.10. The molecular formula is C17H30N2S. The van der Waals surface area contributed by atoms with Crippen LogP contribution in [0.25, 0.3) is 0 Å². The van der Waals surface area contributed by atoms with Crippen molar-refractivity contribution >= 4 is 11.3 Å². The topological polar surface area (TPSA) is 24.9 Å². The molecule has 1 aromatic heterocycles. The van der Waals surface area contributed by atoms with E-state index in [1.54, 1.807) is 0 Å². The predicted octanol–water partition coefficient (Wildman–Crippen LogP) is 4.89. The molecule has 0 aliphatic heterocycles. The van der Waals surface area contributed by atoms with Crippen LogP contribution in [0, 0.1) is 5.92 Å². The summed E-state index contributed by atoms with van der Waals surface area (Å²) >= 11 is 1.98. The molecule has 3 heteroatoms. The van der Waals surface area contributed by atoms with Gasteiger partial charge in [0, 0.05) is 17.3 Å². The molecule has 20 heavy (non-hydrogen) atoms. The van der Waals surface area contributed by atoms with E-state index in [9.17, 15) is 0 Å². The average molecular weight is 295 g/mol. The van der Waals surface area contributed by atoms with Crippen LogP contribution in [0.2, 0.25) is 0 Å². The van der Waals surface area contributed by atoms with Crippen molar-refractivity contribution in [3.05, 3.63) is 15.6 Å². The molecule has 2 rings (SSSR count). The molecule has 0 radical (unpaired) electrons. The molecule has 0 saturated heterocycles. The minimum atomic E-state index is 0.740. The SMILES string of the molecule is CCCc1nc(C2CCCC(CC)C2)sc1CNCC. The Kier molecular flexibility index (Phi) is 6.50. The van der Waals surface area contributed by atoms with Gasteiger partial charge in [-0.3, -0.25) is 0 Å². The number of rotatable bonds is 7. The molecule has 1 aliphatic rings. The lowest BCUT2D eigenvalue weighted by Crippen LogP contribution is -2.13. The molecule has 0 spiro atoms. The first-order valence-electron chi connectivity index (χ1n) is 8.47. The van der Waals surface area contributed by atoms with Crippen LogP contribution in [0.1, 0.15) is 80.8 Å². The zero-order chi connectivity index (χ0) is 14.4. The molecule has 1 saturated carbocycles. The largest absolute Gasteiger partial charge is 0.312 e. The van der Waals surface area contributed by atoms with Crippen molar-refractivity contribution < 1.29 is 0 Å². The van der Waals surface area contributed by atoms with Crippen LogP contribution < -0.4 is 5.32 Å². The molecule has 1 aromatic rings. The molecule has 1 aliphatic carbocycles. The van der Waals surface area contributed by atoms with Crippen LogP contribution in [-0.4, -0.2) is 11.5 Å². The van der Waals surface area contributed by atoms with Crippen LogP contribution in [0.5, 0.6) is 0 Å². The minimum absolute atomic E-state index is 0.740. The molecule has 2 atom stereocenters. The van der Waals surface area contributed by atoms with Gasteiger partial charge in [0.1, 0.15) is 0 Å². The maximum atomic E-state index is 5.02. The number of hydrogen-bond acceptors (Lipinski definition) is 3. The average Bonchev–Trinajstić information content (AvgIpc) is 2.89. The second kappa shape index (κ2) is 8.14. The number of hydrogen-bond donors (Lipinski definition) is 1. The maximum absolute atomic E-state index is 5.02. The molecule has 2 unspecified atom stereocenters. The first-order valence-corrected chi connectivity index (χ1v) is 9.29. The zero-order valence-corrected chi connectivity index (χ0v) is 14.2. The second-order valence-corrected chi connectivity index (χ2v) is 7.21. The van der Waals surface area contributed by atoms with Crippen molar-refractivity contribution in [1.29, 1.82) is 0 Å². The Morgan fingerprint density at radius 3 is 2.80 bits per heavy atom. The molecule has 114 valence electrons. The molecule has 0 amide bonds. The number of aryl methyl sites for hydroxylation is 1. The highest BCUT2D eigenvalue weighted by molar-refractivity contribution is 7.11. The van der Waals surface area contributed by atoms with Gasteiger partial charge in [-0.05, 0) is 31.7 Å². The number of nitrogens with one attached hydrogen (secondary N) is 1. The summed E-state index contributed by atoms with van der Waals surface area (Å²) in [6.07, 6.45) is 9.24. The van der Waals surface area contributed by atoms with Gasteiger partial charge in [0.2, 0.25) is 0 Å². The van der Waals surface area contributed by atoms with Crippen molar-refractivity contribution in [2.75, 3.05) is 6.54 Å². The molecule has 0 bridgehead atoms. The van der Waals surface area contributed by atoms with Gasteiger partial charge in [0.25, 0.3) is 0 Å². The van der Waals surface area contributed by atoms with Gasteiger partial charge in [-0.25, -0.2) is 4.98 Å². The fourth-order valence-corrected chi connectivity index (χ4v) is 4.50. The first-order chi connectivity index (χ1) is 9.78. The second-order valence-electron chi connectivity index (χ2n) is 6.09. The standard InChI is InChI=1S/C17H30N2S/c1-4-8-15-16(12-18-6-3)20-17(19-15)14-10-7-9-13(5-2)11-14/h13-14,18H,4-12H2,1-3H3. The van der Waals surface area contributed by atoms with Crippen molar-refractivity contribution in [1.82, 2.24) is 10.3 Å². The fraction of sp³-hybridized carbons (Fsp3) is 0.824. The summed E-state index contributed by atoms with van der Waals surface area (Å²) in [5.74, 6) is 1.68. The van der Waals surface area contributed by atoms with E-state index >= 15 is 0 Å². The van der Waals surface area contributed by atoms with E-state index in [0.717, 1.165) is 31.3 Å². The van der Waals surface area contributed by atoms with E-state index in [-0.39, 0.29) is 0 Å². The molecule has 2 nitrogen and oxygen atoms in total. The lowest BCUT2D eigenvalue weighted by Gasteiger charge is -2.26. The van der Waals surface area contributed by atoms with Crippen molar-refractivity contribution in [3.63, 3.8) is 0 Å². The number of thiazole rings is 1. The Bertz CT molecular complexity index is 400. The molecule has 0 aromatic carbocycles. The molecular weight excluding hydrogens is 264 g/mol. The van der Waals surface area contributed by atoms with Crippen molar-refractivity contribution in [2.24, 2.45) is 5.92 Å². The van der Waals surface area contributed by atoms with Crippen molar-refractivity contribution in [2.45, 2.75) is 78.2 Å². The summed E-state index contributed by atoms with van der Waals surface area (Å²) < 4.78 is 0. The molecule has 1 fully saturated rings. The monoisotopic (exact) mass is 294 g/mol. The highest BCUT2D eigenvalue weighted by atomic mass is 32.1.